The molecular weight excluding hydrogens is 318 g/mol. The van der Waals surface area contributed by atoms with Crippen molar-refractivity contribution in [3.63, 3.8) is 0 Å². The zero-order valence-corrected chi connectivity index (χ0v) is 14.2. The molecule has 0 saturated carbocycles. The fourth-order valence-corrected chi connectivity index (χ4v) is 2.71. The van der Waals surface area contributed by atoms with Gasteiger partial charge in [0.1, 0.15) is 11.6 Å². The minimum absolute atomic E-state index is 0.110. The van der Waals surface area contributed by atoms with Gasteiger partial charge in [0, 0.05) is 19.0 Å². The van der Waals surface area contributed by atoms with Crippen LogP contribution in [-0.4, -0.2) is 27.9 Å². The van der Waals surface area contributed by atoms with E-state index < -0.39 is 0 Å². The van der Waals surface area contributed by atoms with Crippen LogP contribution in [0, 0.1) is 0 Å². The summed E-state index contributed by atoms with van der Waals surface area (Å²) in [5.74, 6) is 1.06. The number of aromatic amines is 1. The Hall–Kier alpha value is -3.15. The summed E-state index contributed by atoms with van der Waals surface area (Å²) in [5.41, 5.74) is 1.30. The number of H-pyrrole nitrogens is 1. The topological polar surface area (TPSA) is 75.3 Å². The Labute approximate surface area is 145 Å². The van der Waals surface area contributed by atoms with Gasteiger partial charge in [0.05, 0.1) is 24.6 Å². The average Bonchev–Trinajstić information content (AvgIpc) is 2.61. The minimum atomic E-state index is -0.207. The standard InChI is InChI=1S/C19H19N3O3/c1-13(23)22(11-14-7-3-6-10-17(14)25-2)12-18-20-16-9-5-4-8-15(16)19(24)21-18/h3-10H,11-12H2,1-2H3,(H,20,21,24). The molecular formula is C19H19N3O3. The summed E-state index contributed by atoms with van der Waals surface area (Å²) in [6, 6.07) is 14.7. The highest BCUT2D eigenvalue weighted by atomic mass is 16.5. The van der Waals surface area contributed by atoms with Crippen molar-refractivity contribution in [1.29, 1.82) is 0 Å². The quantitative estimate of drug-likeness (QED) is 0.776. The van der Waals surface area contributed by atoms with Gasteiger partial charge >= 0.3 is 0 Å². The molecule has 25 heavy (non-hydrogen) atoms. The molecule has 0 unspecified atom stereocenters. The Kier molecular flexibility index (Phi) is 4.79. The number of fused-ring (bicyclic) bond motifs is 1. The third-order valence-corrected chi connectivity index (χ3v) is 4.00. The summed E-state index contributed by atoms with van der Waals surface area (Å²) in [7, 11) is 1.60. The first kappa shape index (κ1) is 16.7. The van der Waals surface area contributed by atoms with E-state index in [9.17, 15) is 9.59 Å². The van der Waals surface area contributed by atoms with E-state index in [0.29, 0.717) is 29.0 Å². The third-order valence-electron chi connectivity index (χ3n) is 4.00. The summed E-state index contributed by atoms with van der Waals surface area (Å²) >= 11 is 0. The Bertz CT molecular complexity index is 965. The molecule has 1 heterocycles. The second kappa shape index (κ2) is 7.17. The van der Waals surface area contributed by atoms with Gasteiger partial charge in [-0.2, -0.15) is 0 Å². The van der Waals surface area contributed by atoms with Crippen molar-refractivity contribution in [3.05, 3.63) is 70.3 Å². The molecule has 3 aromatic rings. The molecule has 6 nitrogen and oxygen atoms in total. The number of nitrogens with zero attached hydrogens (tertiary/aromatic N) is 2. The van der Waals surface area contributed by atoms with Crippen LogP contribution in [0.5, 0.6) is 5.75 Å². The number of hydrogen-bond donors (Lipinski definition) is 1. The smallest absolute Gasteiger partial charge is 0.258 e. The molecule has 0 aliphatic carbocycles. The number of aromatic nitrogens is 2. The fraction of sp³-hybridized carbons (Fsp3) is 0.211. The molecule has 6 heteroatoms. The maximum absolute atomic E-state index is 12.2. The first-order valence-corrected chi connectivity index (χ1v) is 7.94. The van der Waals surface area contributed by atoms with Crippen LogP contribution in [-0.2, 0) is 17.9 Å². The van der Waals surface area contributed by atoms with Crippen molar-refractivity contribution >= 4 is 16.8 Å². The molecule has 0 aliphatic rings. The molecule has 2 aromatic carbocycles. The number of carbonyl (C=O) groups is 1. The molecule has 1 amide bonds. The molecule has 0 aliphatic heterocycles. The van der Waals surface area contributed by atoms with Crippen LogP contribution in [0.2, 0.25) is 0 Å². The van der Waals surface area contributed by atoms with E-state index in [2.05, 4.69) is 9.97 Å². The number of para-hydroxylation sites is 2. The normalized spacial score (nSPS) is 10.6. The number of benzene rings is 2. The molecule has 0 bridgehead atoms. The van der Waals surface area contributed by atoms with E-state index in [-0.39, 0.29) is 18.0 Å². The van der Waals surface area contributed by atoms with Gasteiger partial charge in [-0.3, -0.25) is 9.59 Å². The predicted octanol–water partition coefficient (Wildman–Crippen LogP) is 2.48. The number of nitrogens with one attached hydrogen (secondary N) is 1. The van der Waals surface area contributed by atoms with Gasteiger partial charge in [0.25, 0.3) is 5.56 Å². The number of ether oxygens (including phenoxy) is 1. The van der Waals surface area contributed by atoms with E-state index in [1.165, 1.54) is 6.92 Å². The van der Waals surface area contributed by atoms with Crippen molar-refractivity contribution in [1.82, 2.24) is 14.9 Å². The number of hydrogen-bond acceptors (Lipinski definition) is 4. The number of methoxy groups -OCH3 is 1. The lowest BCUT2D eigenvalue weighted by Gasteiger charge is -2.21. The molecule has 1 N–H and O–H groups in total. The Morgan fingerprint density at radius 1 is 1.12 bits per heavy atom. The monoisotopic (exact) mass is 337 g/mol. The summed E-state index contributed by atoms with van der Waals surface area (Å²) < 4.78 is 5.34. The highest BCUT2D eigenvalue weighted by molar-refractivity contribution is 5.77. The van der Waals surface area contributed by atoms with Gasteiger partial charge in [-0.1, -0.05) is 30.3 Å². The highest BCUT2D eigenvalue weighted by Crippen LogP contribution is 2.20. The predicted molar refractivity (Wildman–Crippen MR) is 95.3 cm³/mol. The molecule has 128 valence electrons. The number of carbonyl (C=O) groups excluding carboxylic acids is 1. The van der Waals surface area contributed by atoms with Crippen molar-refractivity contribution in [2.24, 2.45) is 0 Å². The van der Waals surface area contributed by atoms with Gasteiger partial charge in [-0.05, 0) is 18.2 Å². The second-order valence-corrected chi connectivity index (χ2v) is 5.72. The summed E-state index contributed by atoms with van der Waals surface area (Å²) in [6.45, 7) is 2.08. The molecule has 0 radical (unpaired) electrons. The Morgan fingerprint density at radius 2 is 1.84 bits per heavy atom. The van der Waals surface area contributed by atoms with Crippen molar-refractivity contribution < 1.29 is 9.53 Å². The molecule has 0 fully saturated rings. The summed E-state index contributed by atoms with van der Waals surface area (Å²) in [6.07, 6.45) is 0. The van der Waals surface area contributed by atoms with Gasteiger partial charge in [-0.15, -0.1) is 0 Å². The van der Waals surface area contributed by atoms with E-state index in [4.69, 9.17) is 4.74 Å². The van der Waals surface area contributed by atoms with Crippen LogP contribution in [0.15, 0.2) is 53.3 Å². The fourth-order valence-electron chi connectivity index (χ4n) is 2.71. The van der Waals surface area contributed by atoms with Crippen molar-refractivity contribution in [2.75, 3.05) is 7.11 Å². The van der Waals surface area contributed by atoms with Crippen molar-refractivity contribution in [2.45, 2.75) is 20.0 Å². The van der Waals surface area contributed by atoms with Crippen LogP contribution in [0.1, 0.15) is 18.3 Å². The number of amides is 1. The van der Waals surface area contributed by atoms with Crippen LogP contribution < -0.4 is 10.3 Å². The first-order valence-electron chi connectivity index (χ1n) is 7.94. The van der Waals surface area contributed by atoms with Crippen LogP contribution in [0.25, 0.3) is 10.9 Å². The molecule has 3 rings (SSSR count). The highest BCUT2D eigenvalue weighted by Gasteiger charge is 2.15. The lowest BCUT2D eigenvalue weighted by Crippen LogP contribution is -2.29. The second-order valence-electron chi connectivity index (χ2n) is 5.72. The largest absolute Gasteiger partial charge is 0.496 e. The Balaban J connectivity index is 1.90. The molecule has 0 atom stereocenters. The molecule has 0 saturated heterocycles. The van der Waals surface area contributed by atoms with E-state index >= 15 is 0 Å². The minimum Gasteiger partial charge on any atom is -0.496 e. The van der Waals surface area contributed by atoms with Crippen LogP contribution >= 0.6 is 0 Å². The maximum atomic E-state index is 12.2. The van der Waals surface area contributed by atoms with E-state index in [1.54, 1.807) is 30.2 Å². The first-order chi connectivity index (χ1) is 12.1. The average molecular weight is 337 g/mol. The lowest BCUT2D eigenvalue weighted by atomic mass is 10.2. The van der Waals surface area contributed by atoms with Gasteiger partial charge in [-0.25, -0.2) is 4.98 Å². The van der Waals surface area contributed by atoms with E-state index in [0.717, 1.165) is 5.56 Å². The lowest BCUT2D eigenvalue weighted by molar-refractivity contribution is -0.130. The van der Waals surface area contributed by atoms with Gasteiger partial charge < -0.3 is 14.6 Å². The zero-order chi connectivity index (χ0) is 17.8. The van der Waals surface area contributed by atoms with Crippen LogP contribution in [0.4, 0.5) is 0 Å². The summed E-state index contributed by atoms with van der Waals surface area (Å²) in [4.78, 5) is 33.1. The molecule has 1 aromatic heterocycles. The zero-order valence-electron chi connectivity index (χ0n) is 14.2. The van der Waals surface area contributed by atoms with Gasteiger partial charge in [0.15, 0.2) is 0 Å². The maximum Gasteiger partial charge on any atom is 0.258 e. The van der Waals surface area contributed by atoms with Crippen molar-refractivity contribution in [3.8, 4) is 5.75 Å². The summed E-state index contributed by atoms with van der Waals surface area (Å²) in [5, 5.41) is 0.533. The SMILES string of the molecule is COc1ccccc1CN(Cc1nc2ccccc2c(=O)[nH]1)C(C)=O. The molecule has 0 spiro atoms. The van der Waals surface area contributed by atoms with E-state index in [1.807, 2.05) is 30.3 Å². The Morgan fingerprint density at radius 3 is 2.60 bits per heavy atom. The third kappa shape index (κ3) is 3.68. The number of rotatable bonds is 5. The van der Waals surface area contributed by atoms with Crippen LogP contribution in [0.3, 0.4) is 0 Å². The van der Waals surface area contributed by atoms with Gasteiger partial charge in [0.2, 0.25) is 5.91 Å².